The van der Waals surface area contributed by atoms with Crippen LogP contribution in [0.4, 0.5) is 0 Å². The molecule has 0 atom stereocenters. The minimum atomic E-state index is -0.149. The summed E-state index contributed by atoms with van der Waals surface area (Å²) in [6.45, 7) is 2.71. The maximum absolute atomic E-state index is 12.5. The molecule has 0 spiro atoms. The lowest BCUT2D eigenvalue weighted by molar-refractivity contribution is -0.132. The van der Waals surface area contributed by atoms with E-state index >= 15 is 0 Å². The summed E-state index contributed by atoms with van der Waals surface area (Å²) in [6.07, 6.45) is 0. The van der Waals surface area contributed by atoms with Crippen molar-refractivity contribution in [3.8, 4) is 11.5 Å². The number of carbonyl (C=O) groups is 1. The normalized spacial score (nSPS) is 10.7. The summed E-state index contributed by atoms with van der Waals surface area (Å²) >= 11 is 0. The summed E-state index contributed by atoms with van der Waals surface area (Å²) < 4.78 is 11.4. The lowest BCUT2D eigenvalue weighted by Gasteiger charge is -2.17. The van der Waals surface area contributed by atoms with E-state index in [0.29, 0.717) is 24.7 Å². The van der Waals surface area contributed by atoms with Crippen LogP contribution in [0.5, 0.6) is 11.5 Å². The van der Waals surface area contributed by atoms with Gasteiger partial charge in [0.05, 0.1) is 12.1 Å². The van der Waals surface area contributed by atoms with Crippen LogP contribution in [0.2, 0.25) is 0 Å². The molecule has 0 bridgehead atoms. The lowest BCUT2D eigenvalue weighted by atomic mass is 10.2. The van der Waals surface area contributed by atoms with Crippen molar-refractivity contribution in [2.24, 2.45) is 0 Å². The zero-order valence-electron chi connectivity index (χ0n) is 18.2. The number of hydrogen-bond acceptors (Lipinski definition) is 5. The minimum absolute atomic E-state index is 0.0622. The summed E-state index contributed by atoms with van der Waals surface area (Å²) in [7, 11) is 1.72. The molecule has 0 aliphatic rings. The molecule has 6 nitrogen and oxygen atoms in total. The zero-order valence-corrected chi connectivity index (χ0v) is 18.2. The largest absolute Gasteiger partial charge is 0.489 e. The van der Waals surface area contributed by atoms with Crippen LogP contribution in [0, 0.1) is 6.92 Å². The molecule has 6 heteroatoms. The van der Waals surface area contributed by atoms with Crippen molar-refractivity contribution < 1.29 is 14.3 Å². The third-order valence-electron chi connectivity index (χ3n) is 5.08. The number of nitrogens with zero attached hydrogens (tertiary/aromatic N) is 3. The van der Waals surface area contributed by atoms with Crippen LogP contribution in [-0.4, -0.2) is 34.4 Å². The van der Waals surface area contributed by atoms with Gasteiger partial charge in [-0.25, -0.2) is 9.97 Å². The standard InChI is InChI=1S/C26H25N3O3/c1-19-23-10-6-7-11-24(23)28-25(27-19)16-29(2)26(30)18-32-22-14-12-21(13-15-22)31-17-20-8-4-3-5-9-20/h3-15H,16-18H2,1-2H3. The lowest BCUT2D eigenvalue weighted by Crippen LogP contribution is -2.31. The molecule has 0 N–H and O–H groups in total. The fourth-order valence-electron chi connectivity index (χ4n) is 3.29. The van der Waals surface area contributed by atoms with Gasteiger partial charge >= 0.3 is 0 Å². The second-order valence-corrected chi connectivity index (χ2v) is 7.53. The number of fused-ring (bicyclic) bond motifs is 1. The SMILES string of the molecule is Cc1nc(CN(C)C(=O)COc2ccc(OCc3ccccc3)cc2)nc2ccccc12. The van der Waals surface area contributed by atoms with Crippen molar-refractivity contribution in [2.75, 3.05) is 13.7 Å². The highest BCUT2D eigenvalue weighted by molar-refractivity contribution is 5.80. The Kier molecular flexibility index (Phi) is 6.60. The molecule has 32 heavy (non-hydrogen) atoms. The van der Waals surface area contributed by atoms with Gasteiger partial charge in [-0.05, 0) is 42.8 Å². The van der Waals surface area contributed by atoms with Gasteiger partial charge in [0.15, 0.2) is 6.61 Å². The van der Waals surface area contributed by atoms with Crippen molar-refractivity contribution in [3.63, 3.8) is 0 Å². The van der Waals surface area contributed by atoms with Gasteiger partial charge in [-0.15, -0.1) is 0 Å². The number of benzene rings is 3. The van der Waals surface area contributed by atoms with Gasteiger partial charge in [-0.1, -0.05) is 48.5 Å². The topological polar surface area (TPSA) is 64.6 Å². The van der Waals surface area contributed by atoms with Crippen LogP contribution in [0.3, 0.4) is 0 Å². The number of ether oxygens (including phenoxy) is 2. The first kappa shape index (κ1) is 21.3. The number of aryl methyl sites for hydroxylation is 1. The molecule has 0 fully saturated rings. The van der Waals surface area contributed by atoms with Crippen molar-refractivity contribution >= 4 is 16.8 Å². The van der Waals surface area contributed by atoms with Crippen molar-refractivity contribution in [1.29, 1.82) is 0 Å². The van der Waals surface area contributed by atoms with Gasteiger partial charge in [-0.2, -0.15) is 0 Å². The quantitative estimate of drug-likeness (QED) is 0.413. The smallest absolute Gasteiger partial charge is 0.260 e. The van der Waals surface area contributed by atoms with Gasteiger partial charge in [0.1, 0.15) is 23.9 Å². The Morgan fingerprint density at radius 3 is 2.25 bits per heavy atom. The molecule has 3 aromatic carbocycles. The van der Waals surface area contributed by atoms with E-state index in [-0.39, 0.29) is 12.5 Å². The second kappa shape index (κ2) is 9.92. The van der Waals surface area contributed by atoms with E-state index in [0.717, 1.165) is 27.9 Å². The molecule has 0 aliphatic carbocycles. The number of rotatable bonds is 8. The first-order valence-electron chi connectivity index (χ1n) is 10.4. The number of amides is 1. The third kappa shape index (κ3) is 5.40. The molecule has 1 aromatic heterocycles. The first-order chi connectivity index (χ1) is 15.6. The molecule has 0 saturated heterocycles. The predicted molar refractivity (Wildman–Crippen MR) is 123 cm³/mol. The van der Waals surface area contributed by atoms with E-state index in [1.54, 1.807) is 24.1 Å². The maximum atomic E-state index is 12.5. The highest BCUT2D eigenvalue weighted by atomic mass is 16.5. The molecule has 0 aliphatic heterocycles. The van der Waals surface area contributed by atoms with Gasteiger partial charge in [0, 0.05) is 18.1 Å². The molecule has 4 aromatic rings. The number of hydrogen-bond donors (Lipinski definition) is 0. The minimum Gasteiger partial charge on any atom is -0.489 e. The Balaban J connectivity index is 1.28. The molecule has 1 heterocycles. The van der Waals surface area contributed by atoms with Crippen LogP contribution in [0.25, 0.3) is 10.9 Å². The average Bonchev–Trinajstić information content (AvgIpc) is 2.82. The van der Waals surface area contributed by atoms with Gasteiger partial charge in [0.2, 0.25) is 0 Å². The number of para-hydroxylation sites is 1. The molecular weight excluding hydrogens is 402 g/mol. The summed E-state index contributed by atoms with van der Waals surface area (Å²) in [6, 6.07) is 25.1. The Morgan fingerprint density at radius 1 is 0.844 bits per heavy atom. The molecule has 0 saturated carbocycles. The summed E-state index contributed by atoms with van der Waals surface area (Å²) in [5.41, 5.74) is 2.88. The molecule has 1 amide bonds. The van der Waals surface area contributed by atoms with E-state index in [4.69, 9.17) is 9.47 Å². The Morgan fingerprint density at radius 2 is 1.50 bits per heavy atom. The summed E-state index contributed by atoms with van der Waals surface area (Å²) in [5.74, 6) is 1.81. The molecular formula is C26H25N3O3. The zero-order chi connectivity index (χ0) is 22.3. The van der Waals surface area contributed by atoms with Crippen LogP contribution < -0.4 is 9.47 Å². The third-order valence-corrected chi connectivity index (χ3v) is 5.08. The summed E-state index contributed by atoms with van der Waals surface area (Å²) in [4.78, 5) is 23.2. The highest BCUT2D eigenvalue weighted by Crippen LogP contribution is 2.19. The van der Waals surface area contributed by atoms with Crippen LogP contribution in [0.15, 0.2) is 78.9 Å². The average molecular weight is 428 g/mol. The Hall–Kier alpha value is -3.93. The van der Waals surface area contributed by atoms with E-state index in [1.165, 1.54) is 0 Å². The predicted octanol–water partition coefficient (Wildman–Crippen LogP) is 4.55. The fourth-order valence-corrected chi connectivity index (χ4v) is 3.29. The summed E-state index contributed by atoms with van der Waals surface area (Å²) in [5, 5.41) is 1.02. The Labute approximate surface area is 187 Å². The van der Waals surface area contributed by atoms with Crippen LogP contribution in [-0.2, 0) is 17.9 Å². The van der Waals surface area contributed by atoms with Gasteiger partial charge in [0.25, 0.3) is 5.91 Å². The van der Waals surface area contributed by atoms with Crippen molar-refractivity contribution in [1.82, 2.24) is 14.9 Å². The number of aromatic nitrogens is 2. The number of likely N-dealkylation sites (N-methyl/N-ethyl adjacent to an activating group) is 1. The second-order valence-electron chi connectivity index (χ2n) is 7.53. The van der Waals surface area contributed by atoms with E-state index in [9.17, 15) is 4.79 Å². The van der Waals surface area contributed by atoms with Gasteiger partial charge in [-0.3, -0.25) is 4.79 Å². The number of carbonyl (C=O) groups excluding carboxylic acids is 1. The van der Waals surface area contributed by atoms with Crippen molar-refractivity contribution in [2.45, 2.75) is 20.1 Å². The molecule has 0 radical (unpaired) electrons. The first-order valence-corrected chi connectivity index (χ1v) is 10.4. The Bertz CT molecular complexity index is 1190. The fraction of sp³-hybridized carbons (Fsp3) is 0.192. The van der Waals surface area contributed by atoms with Crippen LogP contribution in [0.1, 0.15) is 17.1 Å². The van der Waals surface area contributed by atoms with Gasteiger partial charge < -0.3 is 14.4 Å². The maximum Gasteiger partial charge on any atom is 0.260 e. The molecule has 0 unspecified atom stereocenters. The molecule has 162 valence electrons. The van der Waals surface area contributed by atoms with Crippen LogP contribution >= 0.6 is 0 Å². The molecule has 4 rings (SSSR count). The highest BCUT2D eigenvalue weighted by Gasteiger charge is 2.13. The van der Waals surface area contributed by atoms with Crippen molar-refractivity contribution in [3.05, 3.63) is 95.9 Å². The monoisotopic (exact) mass is 427 g/mol. The van der Waals surface area contributed by atoms with E-state index < -0.39 is 0 Å². The van der Waals surface area contributed by atoms with E-state index in [1.807, 2.05) is 73.7 Å². The van der Waals surface area contributed by atoms with E-state index in [2.05, 4.69) is 9.97 Å².